The molecule has 0 saturated heterocycles. The fraction of sp³-hybridized carbons (Fsp3) is 1.00. The standard InChI is InChI=1S/C11H23N/c1-4-10(3)12-11-8-6-5-7-9(11)2/h9-12H,4-8H2,1-3H3/t9-,10-,11+/m0/s1. The minimum Gasteiger partial charge on any atom is -0.311 e. The van der Waals surface area contributed by atoms with Crippen molar-refractivity contribution in [3.8, 4) is 0 Å². The third-order valence-electron chi connectivity index (χ3n) is 3.22. The molecule has 0 spiro atoms. The van der Waals surface area contributed by atoms with Crippen molar-refractivity contribution in [2.45, 2.75) is 65.0 Å². The van der Waals surface area contributed by atoms with Crippen LogP contribution in [0.4, 0.5) is 0 Å². The van der Waals surface area contributed by atoms with Crippen LogP contribution in [0.5, 0.6) is 0 Å². The van der Waals surface area contributed by atoms with Crippen LogP contribution in [-0.2, 0) is 0 Å². The van der Waals surface area contributed by atoms with Gasteiger partial charge in [-0.05, 0) is 32.1 Å². The summed E-state index contributed by atoms with van der Waals surface area (Å²) in [6.45, 7) is 6.94. The van der Waals surface area contributed by atoms with Crippen LogP contribution in [0, 0.1) is 5.92 Å². The van der Waals surface area contributed by atoms with E-state index in [1.165, 1.54) is 32.1 Å². The Morgan fingerprint density at radius 2 is 2.00 bits per heavy atom. The maximum atomic E-state index is 3.72. The zero-order chi connectivity index (χ0) is 8.97. The summed E-state index contributed by atoms with van der Waals surface area (Å²) < 4.78 is 0. The highest BCUT2D eigenvalue weighted by molar-refractivity contribution is 4.79. The molecular weight excluding hydrogens is 146 g/mol. The highest BCUT2D eigenvalue weighted by Crippen LogP contribution is 2.24. The van der Waals surface area contributed by atoms with Gasteiger partial charge >= 0.3 is 0 Å². The van der Waals surface area contributed by atoms with E-state index in [1.807, 2.05) is 0 Å². The molecular formula is C11H23N. The smallest absolute Gasteiger partial charge is 0.00951 e. The largest absolute Gasteiger partial charge is 0.311 e. The molecule has 0 unspecified atom stereocenters. The summed E-state index contributed by atoms with van der Waals surface area (Å²) in [5.41, 5.74) is 0. The van der Waals surface area contributed by atoms with Gasteiger partial charge in [-0.2, -0.15) is 0 Å². The van der Waals surface area contributed by atoms with Crippen LogP contribution in [0.3, 0.4) is 0 Å². The van der Waals surface area contributed by atoms with Gasteiger partial charge in [0.25, 0.3) is 0 Å². The van der Waals surface area contributed by atoms with E-state index in [9.17, 15) is 0 Å². The summed E-state index contributed by atoms with van der Waals surface area (Å²) in [6, 6.07) is 1.50. The molecule has 0 aromatic carbocycles. The summed E-state index contributed by atoms with van der Waals surface area (Å²) in [6.07, 6.45) is 6.95. The summed E-state index contributed by atoms with van der Waals surface area (Å²) >= 11 is 0. The van der Waals surface area contributed by atoms with Crippen LogP contribution in [0.2, 0.25) is 0 Å². The highest BCUT2D eigenvalue weighted by Gasteiger charge is 2.21. The van der Waals surface area contributed by atoms with E-state index >= 15 is 0 Å². The second-order valence-electron chi connectivity index (χ2n) is 4.34. The fourth-order valence-corrected chi connectivity index (χ4v) is 2.05. The van der Waals surface area contributed by atoms with Gasteiger partial charge in [0.05, 0.1) is 0 Å². The van der Waals surface area contributed by atoms with Crippen molar-refractivity contribution in [2.24, 2.45) is 5.92 Å². The Bertz CT molecular complexity index is 122. The first-order chi connectivity index (χ1) is 5.74. The van der Waals surface area contributed by atoms with Crippen molar-refractivity contribution in [1.82, 2.24) is 5.32 Å². The fourth-order valence-electron chi connectivity index (χ4n) is 2.05. The van der Waals surface area contributed by atoms with Gasteiger partial charge in [0.15, 0.2) is 0 Å². The molecule has 1 saturated carbocycles. The first-order valence-electron chi connectivity index (χ1n) is 5.50. The van der Waals surface area contributed by atoms with Crippen molar-refractivity contribution in [2.75, 3.05) is 0 Å². The Morgan fingerprint density at radius 3 is 2.58 bits per heavy atom. The molecule has 0 aliphatic heterocycles. The minimum atomic E-state index is 0.704. The van der Waals surface area contributed by atoms with Gasteiger partial charge < -0.3 is 5.32 Å². The molecule has 3 atom stereocenters. The van der Waals surface area contributed by atoms with Crippen molar-refractivity contribution < 1.29 is 0 Å². The number of hydrogen-bond donors (Lipinski definition) is 1. The Morgan fingerprint density at radius 1 is 1.33 bits per heavy atom. The number of nitrogens with one attached hydrogen (secondary N) is 1. The summed E-state index contributed by atoms with van der Waals surface area (Å²) in [5.74, 6) is 0.896. The van der Waals surface area contributed by atoms with E-state index in [0.29, 0.717) is 6.04 Å². The van der Waals surface area contributed by atoms with Crippen LogP contribution in [-0.4, -0.2) is 12.1 Å². The van der Waals surface area contributed by atoms with E-state index in [4.69, 9.17) is 0 Å². The van der Waals surface area contributed by atoms with Crippen molar-refractivity contribution in [1.29, 1.82) is 0 Å². The molecule has 0 amide bonds. The van der Waals surface area contributed by atoms with E-state index in [-0.39, 0.29) is 0 Å². The zero-order valence-corrected chi connectivity index (χ0v) is 8.77. The first kappa shape index (κ1) is 10.0. The van der Waals surface area contributed by atoms with E-state index in [2.05, 4.69) is 26.1 Å². The van der Waals surface area contributed by atoms with E-state index in [0.717, 1.165) is 12.0 Å². The topological polar surface area (TPSA) is 12.0 Å². The molecule has 1 N–H and O–H groups in total. The minimum absolute atomic E-state index is 0.704. The predicted molar refractivity (Wildman–Crippen MR) is 54.3 cm³/mol. The number of rotatable bonds is 3. The maximum Gasteiger partial charge on any atom is 0.00951 e. The Kier molecular flexibility index (Phi) is 4.07. The van der Waals surface area contributed by atoms with Gasteiger partial charge in [-0.3, -0.25) is 0 Å². The third-order valence-corrected chi connectivity index (χ3v) is 3.22. The van der Waals surface area contributed by atoms with Gasteiger partial charge in [0.1, 0.15) is 0 Å². The Balaban J connectivity index is 2.28. The summed E-state index contributed by atoms with van der Waals surface area (Å²) in [5, 5.41) is 3.72. The molecule has 1 heteroatoms. The quantitative estimate of drug-likeness (QED) is 0.685. The van der Waals surface area contributed by atoms with Gasteiger partial charge in [-0.25, -0.2) is 0 Å². The lowest BCUT2D eigenvalue weighted by molar-refractivity contribution is 0.260. The molecule has 1 nitrogen and oxygen atoms in total. The average Bonchev–Trinajstić information content (AvgIpc) is 2.09. The van der Waals surface area contributed by atoms with Gasteiger partial charge in [-0.15, -0.1) is 0 Å². The van der Waals surface area contributed by atoms with Gasteiger partial charge in [0, 0.05) is 12.1 Å². The second kappa shape index (κ2) is 4.86. The van der Waals surface area contributed by atoms with Crippen molar-refractivity contribution >= 4 is 0 Å². The normalized spacial score (nSPS) is 33.2. The summed E-state index contributed by atoms with van der Waals surface area (Å²) in [7, 11) is 0. The Labute approximate surface area is 76.9 Å². The van der Waals surface area contributed by atoms with Gasteiger partial charge in [-0.1, -0.05) is 26.7 Å². The van der Waals surface area contributed by atoms with Crippen molar-refractivity contribution in [3.05, 3.63) is 0 Å². The lowest BCUT2D eigenvalue weighted by Crippen LogP contribution is -2.41. The lowest BCUT2D eigenvalue weighted by Gasteiger charge is -2.31. The molecule has 0 aromatic heterocycles. The van der Waals surface area contributed by atoms with E-state index in [1.54, 1.807) is 0 Å². The maximum absolute atomic E-state index is 3.72. The average molecular weight is 169 g/mol. The third kappa shape index (κ3) is 2.78. The zero-order valence-electron chi connectivity index (χ0n) is 8.77. The van der Waals surface area contributed by atoms with Crippen LogP contribution in [0.1, 0.15) is 52.9 Å². The predicted octanol–water partition coefficient (Wildman–Crippen LogP) is 2.95. The first-order valence-corrected chi connectivity index (χ1v) is 5.50. The van der Waals surface area contributed by atoms with Crippen LogP contribution in [0.15, 0.2) is 0 Å². The molecule has 1 aliphatic rings. The molecule has 1 rings (SSSR count). The number of hydrogen-bond acceptors (Lipinski definition) is 1. The van der Waals surface area contributed by atoms with Crippen LogP contribution < -0.4 is 5.32 Å². The monoisotopic (exact) mass is 169 g/mol. The molecule has 0 aromatic rings. The molecule has 72 valence electrons. The van der Waals surface area contributed by atoms with Crippen LogP contribution >= 0.6 is 0 Å². The summed E-state index contributed by atoms with van der Waals surface area (Å²) in [4.78, 5) is 0. The molecule has 1 aliphatic carbocycles. The molecule has 0 bridgehead atoms. The highest BCUT2D eigenvalue weighted by atomic mass is 14.9. The Hall–Kier alpha value is -0.0400. The van der Waals surface area contributed by atoms with Crippen molar-refractivity contribution in [3.63, 3.8) is 0 Å². The lowest BCUT2D eigenvalue weighted by atomic mass is 9.85. The SMILES string of the molecule is CC[C@H](C)N[C@@H]1CCCC[C@@H]1C. The second-order valence-corrected chi connectivity index (χ2v) is 4.34. The van der Waals surface area contributed by atoms with E-state index < -0.39 is 0 Å². The van der Waals surface area contributed by atoms with Gasteiger partial charge in [0.2, 0.25) is 0 Å². The van der Waals surface area contributed by atoms with Crippen LogP contribution in [0.25, 0.3) is 0 Å². The molecule has 1 fully saturated rings. The molecule has 0 heterocycles. The molecule has 0 radical (unpaired) electrons. The molecule has 12 heavy (non-hydrogen) atoms.